The molecule has 1 heterocycles. The summed E-state index contributed by atoms with van der Waals surface area (Å²) >= 11 is 3.34. The zero-order chi connectivity index (χ0) is 14.0. The first-order valence-electron chi connectivity index (χ1n) is 6.64. The van der Waals surface area contributed by atoms with Gasteiger partial charge in [-0.1, -0.05) is 22.9 Å². The summed E-state index contributed by atoms with van der Waals surface area (Å²) in [6.07, 6.45) is 2.45. The molecule has 0 N–H and O–H groups in total. The molecule has 1 aromatic carbocycles. The second-order valence-electron chi connectivity index (χ2n) is 5.26. The summed E-state index contributed by atoms with van der Waals surface area (Å²) in [5, 5.41) is 11.5. The SMILES string of the molecule is CC1CCCN(c2ccc([N+](=O)[O-])c(CBr)c2)C1C. The van der Waals surface area contributed by atoms with Crippen molar-refractivity contribution < 1.29 is 4.92 Å². The molecule has 1 saturated heterocycles. The third-order valence-corrected chi connectivity index (χ3v) is 4.71. The van der Waals surface area contributed by atoms with Gasteiger partial charge in [-0.3, -0.25) is 10.1 Å². The van der Waals surface area contributed by atoms with E-state index in [1.807, 2.05) is 12.1 Å². The van der Waals surface area contributed by atoms with Gasteiger partial charge in [0, 0.05) is 35.2 Å². The zero-order valence-corrected chi connectivity index (χ0v) is 12.9. The highest BCUT2D eigenvalue weighted by Crippen LogP contribution is 2.32. The molecule has 2 atom stereocenters. The number of anilines is 1. The van der Waals surface area contributed by atoms with Gasteiger partial charge in [-0.2, -0.15) is 0 Å². The topological polar surface area (TPSA) is 46.4 Å². The molecule has 4 nitrogen and oxygen atoms in total. The molecular formula is C14H19BrN2O2. The molecule has 1 aliphatic rings. The number of hydrogen-bond acceptors (Lipinski definition) is 3. The van der Waals surface area contributed by atoms with Gasteiger partial charge in [0.1, 0.15) is 0 Å². The molecule has 1 fully saturated rings. The smallest absolute Gasteiger partial charge is 0.273 e. The fourth-order valence-electron chi connectivity index (χ4n) is 2.74. The first-order chi connectivity index (χ1) is 9.04. The summed E-state index contributed by atoms with van der Waals surface area (Å²) in [6, 6.07) is 5.93. The first-order valence-corrected chi connectivity index (χ1v) is 7.76. The Balaban J connectivity index is 2.32. The molecule has 0 spiro atoms. The summed E-state index contributed by atoms with van der Waals surface area (Å²) in [6.45, 7) is 5.54. The van der Waals surface area contributed by atoms with E-state index in [9.17, 15) is 10.1 Å². The minimum absolute atomic E-state index is 0.193. The molecule has 5 heteroatoms. The Kier molecular flexibility index (Phi) is 4.45. The predicted octanol–water partition coefficient (Wildman–Crippen LogP) is 4.11. The number of halogens is 1. The number of rotatable bonds is 3. The van der Waals surface area contributed by atoms with E-state index >= 15 is 0 Å². The summed E-state index contributed by atoms with van der Waals surface area (Å²) in [7, 11) is 0. The van der Waals surface area contributed by atoms with Crippen LogP contribution in [-0.2, 0) is 5.33 Å². The lowest BCUT2D eigenvalue weighted by Gasteiger charge is -2.39. The lowest BCUT2D eigenvalue weighted by atomic mass is 9.91. The average molecular weight is 327 g/mol. The van der Waals surface area contributed by atoms with Crippen molar-refractivity contribution in [3.63, 3.8) is 0 Å². The normalized spacial score (nSPS) is 23.4. The van der Waals surface area contributed by atoms with E-state index < -0.39 is 0 Å². The molecule has 0 radical (unpaired) electrons. The maximum Gasteiger partial charge on any atom is 0.273 e. The molecule has 0 amide bonds. The number of benzene rings is 1. The molecule has 0 bridgehead atoms. The summed E-state index contributed by atoms with van der Waals surface area (Å²) in [5.41, 5.74) is 2.03. The van der Waals surface area contributed by atoms with Gasteiger partial charge in [0.25, 0.3) is 5.69 Å². The summed E-state index contributed by atoms with van der Waals surface area (Å²) < 4.78 is 0. The van der Waals surface area contributed by atoms with E-state index in [0.717, 1.165) is 17.8 Å². The highest BCUT2D eigenvalue weighted by Gasteiger charge is 2.26. The Morgan fingerprint density at radius 2 is 2.21 bits per heavy atom. The fraction of sp³-hybridized carbons (Fsp3) is 0.571. The molecule has 1 aliphatic heterocycles. The van der Waals surface area contributed by atoms with Gasteiger partial charge in [-0.25, -0.2) is 0 Å². The van der Waals surface area contributed by atoms with E-state index in [2.05, 4.69) is 34.7 Å². The van der Waals surface area contributed by atoms with Gasteiger partial charge in [-0.05, 0) is 37.8 Å². The molecular weight excluding hydrogens is 308 g/mol. The third-order valence-electron chi connectivity index (χ3n) is 4.11. The number of alkyl halides is 1. The molecule has 2 unspecified atom stereocenters. The van der Waals surface area contributed by atoms with Crippen LogP contribution in [0.4, 0.5) is 11.4 Å². The van der Waals surface area contributed by atoms with Crippen LogP contribution in [-0.4, -0.2) is 17.5 Å². The van der Waals surface area contributed by atoms with Crippen molar-refractivity contribution in [2.75, 3.05) is 11.4 Å². The summed E-state index contributed by atoms with van der Waals surface area (Å²) in [5.74, 6) is 0.663. The zero-order valence-electron chi connectivity index (χ0n) is 11.3. The van der Waals surface area contributed by atoms with Crippen LogP contribution in [0, 0.1) is 16.0 Å². The minimum Gasteiger partial charge on any atom is -0.369 e. The van der Waals surface area contributed by atoms with E-state index in [1.165, 1.54) is 12.8 Å². The molecule has 19 heavy (non-hydrogen) atoms. The van der Waals surface area contributed by atoms with E-state index in [4.69, 9.17) is 0 Å². The van der Waals surface area contributed by atoms with Crippen LogP contribution in [0.25, 0.3) is 0 Å². The van der Waals surface area contributed by atoms with Crippen LogP contribution in [0.15, 0.2) is 18.2 Å². The van der Waals surface area contributed by atoms with Crippen molar-refractivity contribution in [1.29, 1.82) is 0 Å². The van der Waals surface area contributed by atoms with E-state index in [-0.39, 0.29) is 10.6 Å². The van der Waals surface area contributed by atoms with Crippen molar-refractivity contribution in [3.8, 4) is 0 Å². The van der Waals surface area contributed by atoms with Crippen LogP contribution in [0.5, 0.6) is 0 Å². The number of nitrogens with zero attached hydrogens (tertiary/aromatic N) is 2. The maximum absolute atomic E-state index is 11.0. The maximum atomic E-state index is 11.0. The quantitative estimate of drug-likeness (QED) is 0.477. The number of nitro groups is 1. The highest BCUT2D eigenvalue weighted by atomic mass is 79.9. The van der Waals surface area contributed by atoms with Gasteiger partial charge < -0.3 is 4.90 Å². The number of hydrogen-bond donors (Lipinski definition) is 0. The number of nitro benzene ring substituents is 1. The van der Waals surface area contributed by atoms with Crippen molar-refractivity contribution in [1.82, 2.24) is 0 Å². The Hall–Kier alpha value is -1.10. The van der Waals surface area contributed by atoms with Crippen LogP contribution >= 0.6 is 15.9 Å². The monoisotopic (exact) mass is 326 g/mol. The number of piperidine rings is 1. The van der Waals surface area contributed by atoms with Gasteiger partial charge in [0.15, 0.2) is 0 Å². The third kappa shape index (κ3) is 2.91. The lowest BCUT2D eigenvalue weighted by Crippen LogP contribution is -2.42. The van der Waals surface area contributed by atoms with Crippen LogP contribution in [0.3, 0.4) is 0 Å². The Bertz CT molecular complexity index is 479. The van der Waals surface area contributed by atoms with Crippen molar-refractivity contribution in [3.05, 3.63) is 33.9 Å². The van der Waals surface area contributed by atoms with Crippen molar-refractivity contribution in [2.24, 2.45) is 5.92 Å². The fourth-order valence-corrected chi connectivity index (χ4v) is 3.18. The molecule has 0 aromatic heterocycles. The predicted molar refractivity (Wildman–Crippen MR) is 80.9 cm³/mol. The second kappa shape index (κ2) is 5.90. The van der Waals surface area contributed by atoms with Crippen LogP contribution < -0.4 is 4.90 Å². The van der Waals surface area contributed by atoms with E-state index in [1.54, 1.807) is 6.07 Å². The highest BCUT2D eigenvalue weighted by molar-refractivity contribution is 9.08. The molecule has 0 aliphatic carbocycles. The van der Waals surface area contributed by atoms with Gasteiger partial charge in [0.05, 0.1) is 4.92 Å². The van der Waals surface area contributed by atoms with Gasteiger partial charge in [-0.15, -0.1) is 0 Å². The van der Waals surface area contributed by atoms with Gasteiger partial charge >= 0.3 is 0 Å². The lowest BCUT2D eigenvalue weighted by molar-refractivity contribution is -0.385. The van der Waals surface area contributed by atoms with Gasteiger partial charge in [0.2, 0.25) is 0 Å². The largest absolute Gasteiger partial charge is 0.369 e. The molecule has 2 rings (SSSR count). The first kappa shape index (κ1) is 14.3. The van der Waals surface area contributed by atoms with Crippen LogP contribution in [0.1, 0.15) is 32.3 Å². The van der Waals surface area contributed by atoms with E-state index in [0.29, 0.717) is 17.3 Å². The molecule has 0 saturated carbocycles. The Morgan fingerprint density at radius 3 is 2.84 bits per heavy atom. The molecule has 104 valence electrons. The van der Waals surface area contributed by atoms with Crippen molar-refractivity contribution >= 4 is 27.3 Å². The standard InChI is InChI=1S/C14H19BrN2O2/c1-10-4-3-7-16(11(10)2)13-5-6-14(17(18)19)12(8-13)9-15/h5-6,8,10-11H,3-4,7,9H2,1-2H3. The van der Waals surface area contributed by atoms with Crippen LogP contribution in [0.2, 0.25) is 0 Å². The Morgan fingerprint density at radius 1 is 1.47 bits per heavy atom. The second-order valence-corrected chi connectivity index (χ2v) is 5.82. The summed E-state index contributed by atoms with van der Waals surface area (Å²) in [4.78, 5) is 13.0. The van der Waals surface area contributed by atoms with Crippen molar-refractivity contribution in [2.45, 2.75) is 38.1 Å². The minimum atomic E-state index is -0.317. The molecule has 1 aromatic rings. The Labute approximate surface area is 122 Å². The average Bonchev–Trinajstić information content (AvgIpc) is 2.41.